The highest BCUT2D eigenvalue weighted by molar-refractivity contribution is 6.01. The summed E-state index contributed by atoms with van der Waals surface area (Å²) < 4.78 is 10.8. The van der Waals surface area contributed by atoms with Gasteiger partial charge in [0.05, 0.1) is 19.8 Å². The number of benzene rings is 2. The molecule has 0 aromatic heterocycles. The van der Waals surface area contributed by atoms with Crippen LogP contribution in [0.2, 0.25) is 0 Å². The van der Waals surface area contributed by atoms with Gasteiger partial charge in [-0.25, -0.2) is 0 Å². The van der Waals surface area contributed by atoms with Gasteiger partial charge in [-0.15, -0.1) is 6.58 Å². The zero-order valence-electron chi connectivity index (χ0n) is 13.8. The molecule has 0 radical (unpaired) electrons. The van der Waals surface area contributed by atoms with Crippen LogP contribution in [0.5, 0.6) is 11.5 Å². The van der Waals surface area contributed by atoms with Crippen LogP contribution in [0, 0.1) is 0 Å². The molecule has 0 saturated heterocycles. The van der Waals surface area contributed by atoms with E-state index in [2.05, 4.69) is 11.9 Å². The van der Waals surface area contributed by atoms with Crippen molar-refractivity contribution in [2.24, 2.45) is 0 Å². The molecular weight excluding hydrogens is 304 g/mol. The van der Waals surface area contributed by atoms with Crippen LogP contribution in [0.25, 0.3) is 0 Å². The molecule has 0 fully saturated rings. The summed E-state index contributed by atoms with van der Waals surface area (Å²) in [6.07, 6.45) is 1.38. The first kappa shape index (κ1) is 15.9. The molecule has 1 aliphatic rings. The molecule has 0 bridgehead atoms. The molecule has 1 atom stereocenters. The summed E-state index contributed by atoms with van der Waals surface area (Å²) in [7, 11) is 3.21. The van der Waals surface area contributed by atoms with E-state index in [4.69, 9.17) is 9.47 Å². The lowest BCUT2D eigenvalue weighted by Crippen LogP contribution is -2.43. The Kier molecular flexibility index (Phi) is 4.42. The van der Waals surface area contributed by atoms with Crippen LogP contribution in [0.4, 0.5) is 5.69 Å². The largest absolute Gasteiger partial charge is 0.497 e. The lowest BCUT2D eigenvalue weighted by molar-refractivity contribution is 0.0706. The zero-order chi connectivity index (χ0) is 17.1. The van der Waals surface area contributed by atoms with E-state index in [1.165, 1.54) is 0 Å². The standard InChI is InChI=1S/C19H20N2O3/c1-4-11-21-18(15-10-9-13(23-2)12-17(15)24-3)20-16-8-6-5-7-14(16)19(21)22/h4-10,12,18,20H,1,11H2,2-3H3/t18-/m1/s1. The maximum absolute atomic E-state index is 12.9. The number of nitrogens with one attached hydrogen (secondary N) is 1. The quantitative estimate of drug-likeness (QED) is 0.856. The van der Waals surface area contributed by atoms with E-state index in [0.29, 0.717) is 23.6 Å². The number of amides is 1. The van der Waals surface area contributed by atoms with Gasteiger partial charge >= 0.3 is 0 Å². The fourth-order valence-corrected chi connectivity index (χ4v) is 2.91. The monoisotopic (exact) mass is 324 g/mol. The van der Waals surface area contributed by atoms with Crippen LogP contribution in [-0.2, 0) is 0 Å². The summed E-state index contributed by atoms with van der Waals surface area (Å²) in [5.74, 6) is 1.33. The van der Waals surface area contributed by atoms with Crippen LogP contribution in [-0.4, -0.2) is 31.6 Å². The Morgan fingerprint density at radius 2 is 2.00 bits per heavy atom. The molecule has 1 aliphatic heterocycles. The van der Waals surface area contributed by atoms with Crippen LogP contribution in [0.1, 0.15) is 22.1 Å². The number of carbonyl (C=O) groups is 1. The minimum absolute atomic E-state index is 0.0351. The number of rotatable bonds is 5. The zero-order valence-corrected chi connectivity index (χ0v) is 13.8. The van der Waals surface area contributed by atoms with Crippen molar-refractivity contribution < 1.29 is 14.3 Å². The topological polar surface area (TPSA) is 50.8 Å². The molecule has 2 aromatic rings. The second-order valence-corrected chi connectivity index (χ2v) is 5.45. The van der Waals surface area contributed by atoms with Gasteiger partial charge in [-0.3, -0.25) is 4.79 Å². The maximum atomic E-state index is 12.9. The molecule has 124 valence electrons. The Bertz CT molecular complexity index is 773. The van der Waals surface area contributed by atoms with E-state index in [9.17, 15) is 4.79 Å². The van der Waals surface area contributed by atoms with Crippen molar-refractivity contribution >= 4 is 11.6 Å². The molecule has 0 unspecified atom stereocenters. The first-order valence-electron chi connectivity index (χ1n) is 7.69. The predicted molar refractivity (Wildman–Crippen MR) is 93.6 cm³/mol. The summed E-state index contributed by atoms with van der Waals surface area (Å²) in [6.45, 7) is 4.20. The van der Waals surface area contributed by atoms with E-state index in [0.717, 1.165) is 11.3 Å². The second-order valence-electron chi connectivity index (χ2n) is 5.45. The fraction of sp³-hybridized carbons (Fsp3) is 0.211. The maximum Gasteiger partial charge on any atom is 0.258 e. The summed E-state index contributed by atoms with van der Waals surface area (Å²) in [5.41, 5.74) is 2.33. The van der Waals surface area contributed by atoms with Gasteiger partial charge in [0.2, 0.25) is 0 Å². The van der Waals surface area contributed by atoms with Crippen LogP contribution in [0.15, 0.2) is 55.1 Å². The molecule has 0 saturated carbocycles. The van der Waals surface area contributed by atoms with Gasteiger partial charge in [-0.1, -0.05) is 18.2 Å². The number of nitrogens with zero attached hydrogens (tertiary/aromatic N) is 1. The van der Waals surface area contributed by atoms with Crippen LogP contribution < -0.4 is 14.8 Å². The van der Waals surface area contributed by atoms with Gasteiger partial charge in [0.25, 0.3) is 5.91 Å². The second kappa shape index (κ2) is 6.66. The van der Waals surface area contributed by atoms with E-state index in [-0.39, 0.29) is 12.1 Å². The highest BCUT2D eigenvalue weighted by Crippen LogP contribution is 2.38. The number of carbonyl (C=O) groups excluding carboxylic acids is 1. The lowest BCUT2D eigenvalue weighted by atomic mass is 10.0. The Labute approximate surface area is 141 Å². The first-order chi connectivity index (χ1) is 11.7. The van der Waals surface area contributed by atoms with E-state index in [1.807, 2.05) is 42.5 Å². The van der Waals surface area contributed by atoms with Crippen molar-refractivity contribution in [3.63, 3.8) is 0 Å². The van der Waals surface area contributed by atoms with Crippen molar-refractivity contribution in [2.45, 2.75) is 6.17 Å². The van der Waals surface area contributed by atoms with Crippen molar-refractivity contribution in [1.29, 1.82) is 0 Å². The number of fused-ring (bicyclic) bond motifs is 1. The Morgan fingerprint density at radius 3 is 2.71 bits per heavy atom. The van der Waals surface area contributed by atoms with Gasteiger partial charge in [0.1, 0.15) is 17.7 Å². The van der Waals surface area contributed by atoms with Crippen LogP contribution >= 0.6 is 0 Å². The van der Waals surface area contributed by atoms with E-state index in [1.54, 1.807) is 25.2 Å². The average molecular weight is 324 g/mol. The van der Waals surface area contributed by atoms with E-state index >= 15 is 0 Å². The van der Waals surface area contributed by atoms with Gasteiger partial charge in [0, 0.05) is 23.9 Å². The van der Waals surface area contributed by atoms with Crippen molar-refractivity contribution in [1.82, 2.24) is 4.90 Å². The third-order valence-electron chi connectivity index (χ3n) is 4.08. The molecule has 1 amide bonds. The third-order valence-corrected chi connectivity index (χ3v) is 4.08. The molecule has 2 aromatic carbocycles. The van der Waals surface area contributed by atoms with Gasteiger partial charge in [-0.05, 0) is 24.3 Å². The normalized spacial score (nSPS) is 16.2. The van der Waals surface area contributed by atoms with Gasteiger partial charge in [0.15, 0.2) is 0 Å². The fourth-order valence-electron chi connectivity index (χ4n) is 2.91. The van der Waals surface area contributed by atoms with Crippen LogP contribution in [0.3, 0.4) is 0 Å². The predicted octanol–water partition coefficient (Wildman–Crippen LogP) is 3.46. The van der Waals surface area contributed by atoms with Gasteiger partial charge < -0.3 is 19.7 Å². The third kappa shape index (κ3) is 2.69. The van der Waals surface area contributed by atoms with E-state index < -0.39 is 0 Å². The SMILES string of the molecule is C=CCN1C(=O)c2ccccc2N[C@H]1c1ccc(OC)cc1OC. The molecule has 0 spiro atoms. The molecule has 24 heavy (non-hydrogen) atoms. The Balaban J connectivity index is 2.08. The summed E-state index contributed by atoms with van der Waals surface area (Å²) in [4.78, 5) is 14.6. The number of anilines is 1. The highest BCUT2D eigenvalue weighted by Gasteiger charge is 2.33. The number of hydrogen-bond acceptors (Lipinski definition) is 4. The smallest absolute Gasteiger partial charge is 0.258 e. The lowest BCUT2D eigenvalue weighted by Gasteiger charge is -2.38. The minimum atomic E-state index is -0.341. The van der Waals surface area contributed by atoms with Crippen molar-refractivity contribution in [3.05, 3.63) is 66.2 Å². The molecule has 1 heterocycles. The molecule has 3 rings (SSSR count). The average Bonchev–Trinajstić information content (AvgIpc) is 2.63. The summed E-state index contributed by atoms with van der Waals surface area (Å²) in [6, 6.07) is 13.1. The molecule has 5 heteroatoms. The Morgan fingerprint density at radius 1 is 1.21 bits per heavy atom. The molecular formula is C19H20N2O3. The summed E-state index contributed by atoms with van der Waals surface area (Å²) in [5, 5.41) is 3.43. The number of hydrogen-bond donors (Lipinski definition) is 1. The first-order valence-corrected chi connectivity index (χ1v) is 7.69. The number of ether oxygens (including phenoxy) is 2. The Hall–Kier alpha value is -2.95. The number of para-hydroxylation sites is 1. The van der Waals surface area contributed by atoms with Crippen molar-refractivity contribution in [2.75, 3.05) is 26.1 Å². The minimum Gasteiger partial charge on any atom is -0.497 e. The van der Waals surface area contributed by atoms with Gasteiger partial charge in [-0.2, -0.15) is 0 Å². The molecule has 0 aliphatic carbocycles. The summed E-state index contributed by atoms with van der Waals surface area (Å²) >= 11 is 0. The van der Waals surface area contributed by atoms with Crippen molar-refractivity contribution in [3.8, 4) is 11.5 Å². The highest BCUT2D eigenvalue weighted by atomic mass is 16.5. The molecule has 1 N–H and O–H groups in total. The molecule has 5 nitrogen and oxygen atoms in total. The number of methoxy groups -OCH3 is 2.